The van der Waals surface area contributed by atoms with E-state index in [-0.39, 0.29) is 24.4 Å². The molecule has 4 nitrogen and oxygen atoms in total. The first kappa shape index (κ1) is 15.3. The van der Waals surface area contributed by atoms with Crippen LogP contribution in [0.1, 0.15) is 18.0 Å². The zero-order valence-electron chi connectivity index (χ0n) is 12.8. The van der Waals surface area contributed by atoms with Gasteiger partial charge in [0.05, 0.1) is 6.04 Å². The molecule has 2 aromatic carbocycles. The van der Waals surface area contributed by atoms with E-state index >= 15 is 0 Å². The molecule has 2 aromatic rings. The highest BCUT2D eigenvalue weighted by Gasteiger charge is 2.31. The lowest BCUT2D eigenvalue weighted by atomic mass is 10.0. The van der Waals surface area contributed by atoms with Crippen LogP contribution in [0.3, 0.4) is 0 Å². The molecule has 0 radical (unpaired) electrons. The van der Waals surface area contributed by atoms with Gasteiger partial charge in [-0.15, -0.1) is 11.8 Å². The Balaban J connectivity index is 1.49. The summed E-state index contributed by atoms with van der Waals surface area (Å²) in [5.41, 5.74) is 0.830. The topological polar surface area (TPSA) is 47.6 Å². The molecule has 1 amide bonds. The third-order valence-corrected chi connectivity index (χ3v) is 5.30. The second kappa shape index (κ2) is 6.36. The number of rotatable bonds is 2. The largest absolute Gasteiger partial charge is 0.485 e. The SMILES string of the molecule is O=C(NC1CCSc2c(F)cccc21)C1COc2ccccc2O1. The number of nitrogens with one attached hydrogen (secondary N) is 1. The lowest BCUT2D eigenvalue weighted by Crippen LogP contribution is -2.45. The number of fused-ring (bicyclic) bond motifs is 2. The van der Waals surface area contributed by atoms with Crippen molar-refractivity contribution in [3.63, 3.8) is 0 Å². The van der Waals surface area contributed by atoms with Gasteiger partial charge in [0.15, 0.2) is 11.5 Å². The molecular formula is C18H16FNO3S. The summed E-state index contributed by atoms with van der Waals surface area (Å²) in [7, 11) is 0. The molecule has 2 aliphatic heterocycles. The van der Waals surface area contributed by atoms with Crippen molar-refractivity contribution < 1.29 is 18.7 Å². The molecule has 0 aliphatic carbocycles. The highest BCUT2D eigenvalue weighted by atomic mass is 32.2. The van der Waals surface area contributed by atoms with E-state index in [9.17, 15) is 9.18 Å². The Morgan fingerprint density at radius 2 is 2.00 bits per heavy atom. The van der Waals surface area contributed by atoms with Gasteiger partial charge in [0.1, 0.15) is 12.4 Å². The van der Waals surface area contributed by atoms with Crippen LogP contribution in [-0.4, -0.2) is 24.4 Å². The second-order valence-electron chi connectivity index (χ2n) is 5.72. The Morgan fingerprint density at radius 3 is 2.88 bits per heavy atom. The van der Waals surface area contributed by atoms with Crippen LogP contribution in [0, 0.1) is 5.82 Å². The molecule has 0 saturated heterocycles. The molecule has 6 heteroatoms. The van der Waals surface area contributed by atoms with E-state index in [1.807, 2.05) is 18.2 Å². The van der Waals surface area contributed by atoms with Crippen molar-refractivity contribution in [1.29, 1.82) is 0 Å². The normalized spacial score (nSPS) is 21.7. The predicted molar refractivity (Wildman–Crippen MR) is 89.0 cm³/mol. The molecule has 0 fully saturated rings. The maximum Gasteiger partial charge on any atom is 0.265 e. The van der Waals surface area contributed by atoms with Crippen molar-refractivity contribution in [3.05, 3.63) is 53.8 Å². The van der Waals surface area contributed by atoms with Gasteiger partial charge in [-0.05, 0) is 30.2 Å². The number of ether oxygens (including phenoxy) is 2. The Kier molecular flexibility index (Phi) is 4.06. The summed E-state index contributed by atoms with van der Waals surface area (Å²) in [6, 6.07) is 12.1. The smallest absolute Gasteiger partial charge is 0.265 e. The van der Waals surface area contributed by atoms with Gasteiger partial charge >= 0.3 is 0 Å². The van der Waals surface area contributed by atoms with E-state index in [1.165, 1.54) is 17.8 Å². The van der Waals surface area contributed by atoms with Crippen molar-refractivity contribution in [2.24, 2.45) is 0 Å². The van der Waals surface area contributed by atoms with Crippen molar-refractivity contribution in [3.8, 4) is 11.5 Å². The molecule has 0 saturated carbocycles. The summed E-state index contributed by atoms with van der Waals surface area (Å²) in [6.45, 7) is 0.167. The Labute approximate surface area is 143 Å². The Morgan fingerprint density at radius 1 is 1.17 bits per heavy atom. The van der Waals surface area contributed by atoms with Gasteiger partial charge in [-0.25, -0.2) is 4.39 Å². The molecular weight excluding hydrogens is 329 g/mol. The number of hydrogen-bond donors (Lipinski definition) is 1. The third-order valence-electron chi connectivity index (χ3n) is 4.14. The van der Waals surface area contributed by atoms with Gasteiger partial charge in [0, 0.05) is 10.6 Å². The first-order valence-corrected chi connectivity index (χ1v) is 8.81. The molecule has 4 rings (SSSR count). The molecule has 0 bridgehead atoms. The molecule has 2 atom stereocenters. The molecule has 1 N–H and O–H groups in total. The zero-order valence-corrected chi connectivity index (χ0v) is 13.6. The van der Waals surface area contributed by atoms with E-state index in [0.29, 0.717) is 16.4 Å². The minimum absolute atomic E-state index is 0.167. The van der Waals surface area contributed by atoms with Crippen LogP contribution >= 0.6 is 11.8 Å². The predicted octanol–water partition coefficient (Wildman–Crippen LogP) is 3.32. The molecule has 0 aromatic heterocycles. The molecule has 2 aliphatic rings. The van der Waals surface area contributed by atoms with E-state index < -0.39 is 6.10 Å². The number of carbonyl (C=O) groups excluding carboxylic acids is 1. The fourth-order valence-corrected chi connectivity index (χ4v) is 4.09. The number of carbonyl (C=O) groups is 1. The zero-order chi connectivity index (χ0) is 16.5. The van der Waals surface area contributed by atoms with Crippen molar-refractivity contribution in [2.75, 3.05) is 12.4 Å². The maximum atomic E-state index is 13.9. The van der Waals surface area contributed by atoms with Crippen LogP contribution in [0.5, 0.6) is 11.5 Å². The minimum atomic E-state index is -0.702. The first-order chi connectivity index (χ1) is 11.7. The lowest BCUT2D eigenvalue weighted by molar-refractivity contribution is -0.131. The van der Waals surface area contributed by atoms with E-state index in [1.54, 1.807) is 18.2 Å². The Hall–Kier alpha value is -2.21. The van der Waals surface area contributed by atoms with Crippen molar-refractivity contribution in [2.45, 2.75) is 23.5 Å². The van der Waals surface area contributed by atoms with Gasteiger partial charge in [0.2, 0.25) is 6.10 Å². The van der Waals surface area contributed by atoms with E-state index in [4.69, 9.17) is 9.47 Å². The summed E-state index contributed by atoms with van der Waals surface area (Å²) in [4.78, 5) is 13.2. The fourth-order valence-electron chi connectivity index (χ4n) is 2.95. The molecule has 2 heterocycles. The van der Waals surface area contributed by atoms with Crippen molar-refractivity contribution in [1.82, 2.24) is 5.32 Å². The van der Waals surface area contributed by atoms with Crippen LogP contribution in [0.25, 0.3) is 0 Å². The number of benzene rings is 2. The van der Waals surface area contributed by atoms with Crippen LogP contribution in [-0.2, 0) is 4.79 Å². The third kappa shape index (κ3) is 2.82. The first-order valence-electron chi connectivity index (χ1n) is 7.82. The number of amides is 1. The second-order valence-corrected chi connectivity index (χ2v) is 6.83. The number of thioether (sulfide) groups is 1. The lowest BCUT2D eigenvalue weighted by Gasteiger charge is -2.30. The number of hydrogen-bond acceptors (Lipinski definition) is 4. The highest BCUT2D eigenvalue weighted by molar-refractivity contribution is 7.99. The van der Waals surface area contributed by atoms with Gasteiger partial charge in [-0.3, -0.25) is 4.79 Å². The molecule has 124 valence electrons. The van der Waals surface area contributed by atoms with Crippen molar-refractivity contribution >= 4 is 17.7 Å². The monoisotopic (exact) mass is 345 g/mol. The molecule has 24 heavy (non-hydrogen) atoms. The maximum absolute atomic E-state index is 13.9. The average Bonchev–Trinajstić information content (AvgIpc) is 2.62. The standard InChI is InChI=1S/C18H16FNO3S/c19-12-5-3-4-11-13(8-9-24-17(11)12)20-18(21)16-10-22-14-6-1-2-7-15(14)23-16/h1-7,13,16H,8-10H2,(H,20,21). The highest BCUT2D eigenvalue weighted by Crippen LogP contribution is 2.38. The summed E-state index contributed by atoms with van der Waals surface area (Å²) in [5, 5.41) is 2.98. The molecule has 0 spiro atoms. The van der Waals surface area contributed by atoms with Gasteiger partial charge < -0.3 is 14.8 Å². The van der Waals surface area contributed by atoms with Gasteiger partial charge in [-0.2, -0.15) is 0 Å². The summed E-state index contributed by atoms with van der Waals surface area (Å²) in [6.07, 6.45) is 0.0586. The van der Waals surface area contributed by atoms with Gasteiger partial charge in [0.25, 0.3) is 5.91 Å². The van der Waals surface area contributed by atoms with Crippen LogP contribution < -0.4 is 14.8 Å². The average molecular weight is 345 g/mol. The van der Waals surface area contributed by atoms with E-state index in [2.05, 4.69) is 5.32 Å². The van der Waals surface area contributed by atoms with Crippen LogP contribution in [0.15, 0.2) is 47.4 Å². The summed E-state index contributed by atoms with van der Waals surface area (Å²) in [5.74, 6) is 1.50. The van der Waals surface area contributed by atoms with Crippen LogP contribution in [0.4, 0.5) is 4.39 Å². The quantitative estimate of drug-likeness (QED) is 0.907. The van der Waals surface area contributed by atoms with Crippen LogP contribution in [0.2, 0.25) is 0 Å². The van der Waals surface area contributed by atoms with E-state index in [0.717, 1.165) is 17.7 Å². The number of para-hydroxylation sites is 2. The van der Waals surface area contributed by atoms with Gasteiger partial charge in [-0.1, -0.05) is 24.3 Å². The number of halogens is 1. The minimum Gasteiger partial charge on any atom is -0.485 e. The summed E-state index contributed by atoms with van der Waals surface area (Å²) >= 11 is 1.49. The Bertz CT molecular complexity index is 783. The summed E-state index contributed by atoms with van der Waals surface area (Å²) < 4.78 is 25.2. The fraction of sp³-hybridized carbons (Fsp3) is 0.278. The molecule has 2 unspecified atom stereocenters.